The Morgan fingerprint density at radius 3 is 2.37 bits per heavy atom. The van der Waals surface area contributed by atoms with Crippen LogP contribution in [-0.2, 0) is 9.59 Å². The zero-order valence-corrected chi connectivity index (χ0v) is 11.4. The molecule has 0 aromatic carbocycles. The van der Waals surface area contributed by atoms with Crippen molar-refractivity contribution >= 4 is 17.9 Å². The standard InChI is InChI=1S/C11H18N4O4/c1-7-13-14-10(19-7)12-8(16)5-15(6-9(17)18)11(2,3)4/h5-6H2,1-4H3,(H,17,18)(H,12,14,16). The fraction of sp³-hybridized carbons (Fsp3) is 0.636. The number of carboxylic acids is 1. The average Bonchev–Trinajstić information content (AvgIpc) is 2.60. The summed E-state index contributed by atoms with van der Waals surface area (Å²) in [5.74, 6) is -1.05. The second-order valence-electron chi connectivity index (χ2n) is 5.10. The minimum absolute atomic E-state index is 0.00619. The summed E-state index contributed by atoms with van der Waals surface area (Å²) in [7, 11) is 0. The minimum Gasteiger partial charge on any atom is -0.480 e. The van der Waals surface area contributed by atoms with Gasteiger partial charge in [-0.25, -0.2) is 0 Å². The number of hydrogen-bond acceptors (Lipinski definition) is 6. The topological polar surface area (TPSA) is 109 Å². The van der Waals surface area contributed by atoms with Crippen LogP contribution in [0.1, 0.15) is 26.7 Å². The molecule has 0 aliphatic rings. The van der Waals surface area contributed by atoms with Gasteiger partial charge in [-0.3, -0.25) is 19.8 Å². The molecule has 19 heavy (non-hydrogen) atoms. The van der Waals surface area contributed by atoms with E-state index in [1.54, 1.807) is 6.92 Å². The SMILES string of the molecule is Cc1nnc(NC(=O)CN(CC(=O)O)C(C)(C)C)o1. The number of anilines is 1. The molecular formula is C11H18N4O4. The van der Waals surface area contributed by atoms with Crippen molar-refractivity contribution in [2.45, 2.75) is 33.2 Å². The Hall–Kier alpha value is -1.96. The second-order valence-corrected chi connectivity index (χ2v) is 5.10. The lowest BCUT2D eigenvalue weighted by Gasteiger charge is -2.33. The van der Waals surface area contributed by atoms with E-state index in [2.05, 4.69) is 15.5 Å². The van der Waals surface area contributed by atoms with E-state index in [4.69, 9.17) is 9.52 Å². The van der Waals surface area contributed by atoms with Crippen LogP contribution < -0.4 is 5.32 Å². The first-order valence-electron chi connectivity index (χ1n) is 5.75. The molecule has 0 fully saturated rings. The van der Waals surface area contributed by atoms with Crippen LogP contribution in [0.3, 0.4) is 0 Å². The van der Waals surface area contributed by atoms with E-state index in [9.17, 15) is 9.59 Å². The monoisotopic (exact) mass is 270 g/mol. The normalized spacial score (nSPS) is 11.6. The van der Waals surface area contributed by atoms with E-state index in [0.717, 1.165) is 0 Å². The summed E-state index contributed by atoms with van der Waals surface area (Å²) in [5, 5.41) is 18.5. The van der Waals surface area contributed by atoms with Crippen molar-refractivity contribution in [1.82, 2.24) is 15.1 Å². The molecule has 106 valence electrons. The summed E-state index contributed by atoms with van der Waals surface area (Å²) >= 11 is 0. The molecule has 8 nitrogen and oxygen atoms in total. The largest absolute Gasteiger partial charge is 0.480 e. The van der Waals surface area contributed by atoms with Gasteiger partial charge in [0.25, 0.3) is 0 Å². The maximum atomic E-state index is 11.8. The fourth-order valence-corrected chi connectivity index (χ4v) is 1.37. The molecule has 1 aromatic heterocycles. The predicted molar refractivity (Wildman–Crippen MR) is 66.6 cm³/mol. The van der Waals surface area contributed by atoms with Gasteiger partial charge in [-0.05, 0) is 20.8 Å². The van der Waals surface area contributed by atoms with Crippen molar-refractivity contribution in [2.24, 2.45) is 0 Å². The number of carbonyl (C=O) groups is 2. The van der Waals surface area contributed by atoms with Gasteiger partial charge in [0, 0.05) is 12.5 Å². The van der Waals surface area contributed by atoms with E-state index in [1.807, 2.05) is 20.8 Å². The van der Waals surface area contributed by atoms with Gasteiger partial charge in [-0.15, -0.1) is 5.10 Å². The van der Waals surface area contributed by atoms with E-state index < -0.39 is 17.4 Å². The van der Waals surface area contributed by atoms with E-state index >= 15 is 0 Å². The maximum absolute atomic E-state index is 11.8. The maximum Gasteiger partial charge on any atom is 0.322 e. The van der Waals surface area contributed by atoms with Crippen molar-refractivity contribution < 1.29 is 19.1 Å². The van der Waals surface area contributed by atoms with Crippen molar-refractivity contribution in [3.63, 3.8) is 0 Å². The van der Waals surface area contributed by atoms with Gasteiger partial charge in [0.05, 0.1) is 13.1 Å². The molecule has 0 saturated heterocycles. The Morgan fingerprint density at radius 2 is 1.95 bits per heavy atom. The predicted octanol–water partition coefficient (Wildman–Crippen LogP) is 0.502. The lowest BCUT2D eigenvalue weighted by molar-refractivity contribution is -0.140. The van der Waals surface area contributed by atoms with Crippen molar-refractivity contribution in [3.05, 3.63) is 5.89 Å². The smallest absolute Gasteiger partial charge is 0.322 e. The molecule has 1 amide bonds. The van der Waals surface area contributed by atoms with Crippen LogP contribution in [0.2, 0.25) is 0 Å². The Bertz CT molecular complexity index is 464. The molecule has 0 aliphatic heterocycles. The highest BCUT2D eigenvalue weighted by Crippen LogP contribution is 2.13. The van der Waals surface area contributed by atoms with Crippen LogP contribution >= 0.6 is 0 Å². The molecule has 0 unspecified atom stereocenters. The van der Waals surface area contributed by atoms with Crippen molar-refractivity contribution in [2.75, 3.05) is 18.4 Å². The van der Waals surface area contributed by atoms with E-state index in [0.29, 0.717) is 5.89 Å². The van der Waals surface area contributed by atoms with Crippen LogP contribution in [0, 0.1) is 6.92 Å². The van der Waals surface area contributed by atoms with Gasteiger partial charge in [-0.1, -0.05) is 5.10 Å². The summed E-state index contributed by atoms with van der Waals surface area (Å²) < 4.78 is 5.01. The molecule has 0 radical (unpaired) electrons. The summed E-state index contributed by atoms with van der Waals surface area (Å²) in [6, 6.07) is 0.00619. The first kappa shape index (κ1) is 15.1. The van der Waals surface area contributed by atoms with Crippen molar-refractivity contribution in [3.8, 4) is 0 Å². The number of nitrogens with zero attached hydrogens (tertiary/aromatic N) is 3. The van der Waals surface area contributed by atoms with Gasteiger partial charge in [0.15, 0.2) is 0 Å². The second kappa shape index (κ2) is 5.79. The minimum atomic E-state index is -0.989. The molecule has 0 bridgehead atoms. The van der Waals surface area contributed by atoms with Gasteiger partial charge in [0.2, 0.25) is 11.8 Å². The zero-order chi connectivity index (χ0) is 14.6. The summed E-state index contributed by atoms with van der Waals surface area (Å²) in [5.41, 5.74) is -0.444. The van der Waals surface area contributed by atoms with Gasteiger partial charge >= 0.3 is 12.0 Å². The van der Waals surface area contributed by atoms with Crippen molar-refractivity contribution in [1.29, 1.82) is 0 Å². The summed E-state index contributed by atoms with van der Waals surface area (Å²) in [6.07, 6.45) is 0. The Labute approximate surface area is 110 Å². The van der Waals surface area contributed by atoms with Crippen LogP contribution in [0.4, 0.5) is 6.01 Å². The summed E-state index contributed by atoms with van der Waals surface area (Å²) in [6.45, 7) is 6.81. The number of aliphatic carboxylic acids is 1. The molecule has 0 aliphatic carbocycles. The fourth-order valence-electron chi connectivity index (χ4n) is 1.37. The number of carboxylic acid groups (broad SMARTS) is 1. The van der Waals surface area contributed by atoms with Crippen LogP contribution in [0.25, 0.3) is 0 Å². The Kier molecular flexibility index (Phi) is 4.60. The first-order valence-corrected chi connectivity index (χ1v) is 5.75. The Morgan fingerprint density at radius 1 is 1.32 bits per heavy atom. The number of amides is 1. The molecule has 0 atom stereocenters. The average molecular weight is 270 g/mol. The van der Waals surface area contributed by atoms with Gasteiger partial charge in [0.1, 0.15) is 0 Å². The number of rotatable bonds is 5. The third-order valence-electron chi connectivity index (χ3n) is 2.38. The lowest BCUT2D eigenvalue weighted by atomic mass is 10.1. The molecule has 2 N–H and O–H groups in total. The van der Waals surface area contributed by atoms with Crippen LogP contribution in [0.15, 0.2) is 4.42 Å². The van der Waals surface area contributed by atoms with Gasteiger partial charge < -0.3 is 9.52 Å². The highest BCUT2D eigenvalue weighted by molar-refractivity contribution is 5.90. The molecule has 8 heteroatoms. The lowest BCUT2D eigenvalue weighted by Crippen LogP contribution is -2.48. The molecule has 1 aromatic rings. The summed E-state index contributed by atoms with van der Waals surface area (Å²) in [4.78, 5) is 24.1. The van der Waals surface area contributed by atoms with E-state index in [1.165, 1.54) is 4.90 Å². The quantitative estimate of drug-likeness (QED) is 0.801. The zero-order valence-electron chi connectivity index (χ0n) is 11.4. The highest BCUT2D eigenvalue weighted by atomic mass is 16.4. The first-order chi connectivity index (χ1) is 8.68. The molecule has 0 spiro atoms. The van der Waals surface area contributed by atoms with Crippen LogP contribution in [0.5, 0.6) is 0 Å². The highest BCUT2D eigenvalue weighted by Gasteiger charge is 2.26. The Balaban J connectivity index is 2.63. The number of aromatic nitrogens is 2. The molecule has 1 heterocycles. The molecule has 1 rings (SSSR count). The third kappa shape index (κ3) is 5.04. The third-order valence-corrected chi connectivity index (χ3v) is 2.38. The van der Waals surface area contributed by atoms with Crippen LogP contribution in [-0.4, -0.2) is 50.7 Å². The van der Waals surface area contributed by atoms with E-state index in [-0.39, 0.29) is 19.1 Å². The number of hydrogen-bond donors (Lipinski definition) is 2. The number of carbonyl (C=O) groups excluding carboxylic acids is 1. The van der Waals surface area contributed by atoms with Gasteiger partial charge in [-0.2, -0.15) is 0 Å². The number of nitrogens with one attached hydrogen (secondary N) is 1. The number of aryl methyl sites for hydroxylation is 1. The molecule has 0 saturated carbocycles. The molecular weight excluding hydrogens is 252 g/mol.